The molecule has 1 unspecified atom stereocenters. The van der Waals surface area contributed by atoms with Crippen LogP contribution in [0, 0.1) is 0 Å². The number of rotatable bonds is 5. The molecule has 5 heteroatoms. The maximum Gasteiger partial charge on any atom is 0.262 e. The predicted octanol–water partition coefficient (Wildman–Crippen LogP) is 3.54. The average molecular weight is 266 g/mol. The molecule has 1 amide bonds. The monoisotopic (exact) mass is 265 g/mol. The number of alkyl halides is 1. The van der Waals surface area contributed by atoms with Crippen LogP contribution in [0.2, 0.25) is 5.02 Å². The van der Waals surface area contributed by atoms with Gasteiger partial charge in [-0.05, 0) is 24.3 Å². The third kappa shape index (κ3) is 4.01. The first-order chi connectivity index (χ1) is 7.15. The van der Waals surface area contributed by atoms with Crippen LogP contribution < -0.4 is 5.32 Å². The smallest absolute Gasteiger partial charge is 0.262 e. The predicted molar refractivity (Wildman–Crippen MR) is 66.2 cm³/mol. The van der Waals surface area contributed by atoms with Crippen molar-refractivity contribution in [1.29, 1.82) is 0 Å². The van der Waals surface area contributed by atoms with E-state index in [2.05, 4.69) is 5.32 Å². The number of hydrogen-bond acceptors (Lipinski definition) is 2. The normalized spacial score (nSPS) is 12.5. The SMILES string of the molecule is CCC(Cl)CCNC(=O)c1sccc1Cl. The minimum atomic E-state index is -0.116. The van der Waals surface area contributed by atoms with Crippen molar-refractivity contribution in [3.63, 3.8) is 0 Å². The highest BCUT2D eigenvalue weighted by atomic mass is 35.5. The fourth-order valence-electron chi connectivity index (χ4n) is 1.08. The largest absolute Gasteiger partial charge is 0.351 e. The quantitative estimate of drug-likeness (QED) is 0.811. The first-order valence-electron chi connectivity index (χ1n) is 4.80. The molecule has 1 atom stereocenters. The average Bonchev–Trinajstić information content (AvgIpc) is 2.64. The van der Waals surface area contributed by atoms with Crippen molar-refractivity contribution in [2.45, 2.75) is 25.1 Å². The molecule has 15 heavy (non-hydrogen) atoms. The first-order valence-corrected chi connectivity index (χ1v) is 6.49. The molecule has 1 aromatic rings. The van der Waals surface area contributed by atoms with Gasteiger partial charge in [0.2, 0.25) is 0 Å². The molecule has 84 valence electrons. The molecular weight excluding hydrogens is 253 g/mol. The van der Waals surface area contributed by atoms with Crippen molar-refractivity contribution in [2.75, 3.05) is 6.54 Å². The minimum absolute atomic E-state index is 0.116. The van der Waals surface area contributed by atoms with Gasteiger partial charge in [0.05, 0.1) is 5.02 Å². The molecule has 0 saturated heterocycles. The molecule has 0 saturated carbocycles. The van der Waals surface area contributed by atoms with Crippen LogP contribution in [-0.4, -0.2) is 17.8 Å². The molecule has 0 aliphatic rings. The summed E-state index contributed by atoms with van der Waals surface area (Å²) < 4.78 is 0. The Labute approximate surface area is 104 Å². The molecule has 0 spiro atoms. The van der Waals surface area contributed by atoms with Gasteiger partial charge < -0.3 is 5.32 Å². The highest BCUT2D eigenvalue weighted by molar-refractivity contribution is 7.12. The molecule has 1 heterocycles. The molecule has 0 aliphatic heterocycles. The Morgan fingerprint density at radius 3 is 2.93 bits per heavy atom. The van der Waals surface area contributed by atoms with Gasteiger partial charge in [-0.1, -0.05) is 18.5 Å². The van der Waals surface area contributed by atoms with Gasteiger partial charge in [0.15, 0.2) is 0 Å². The molecule has 2 nitrogen and oxygen atoms in total. The molecule has 0 aromatic carbocycles. The summed E-state index contributed by atoms with van der Waals surface area (Å²) in [5.74, 6) is -0.116. The summed E-state index contributed by atoms with van der Waals surface area (Å²) in [6.45, 7) is 2.62. The summed E-state index contributed by atoms with van der Waals surface area (Å²) in [4.78, 5) is 12.1. The zero-order chi connectivity index (χ0) is 11.3. The van der Waals surface area contributed by atoms with E-state index in [1.165, 1.54) is 11.3 Å². The summed E-state index contributed by atoms with van der Waals surface area (Å²) >= 11 is 13.1. The third-order valence-electron chi connectivity index (χ3n) is 2.01. The zero-order valence-corrected chi connectivity index (χ0v) is 10.8. The minimum Gasteiger partial charge on any atom is -0.351 e. The Balaban J connectivity index is 2.34. The van der Waals surface area contributed by atoms with E-state index in [4.69, 9.17) is 23.2 Å². The Kier molecular flexibility index (Phi) is 5.43. The summed E-state index contributed by atoms with van der Waals surface area (Å²) in [5, 5.41) is 5.23. The topological polar surface area (TPSA) is 29.1 Å². The standard InChI is InChI=1S/C10H13Cl2NOS/c1-2-7(11)3-5-13-10(14)9-8(12)4-6-15-9/h4,6-7H,2-3,5H2,1H3,(H,13,14). The van der Waals surface area contributed by atoms with Crippen LogP contribution in [0.1, 0.15) is 29.4 Å². The Bertz CT molecular complexity index is 327. The number of carbonyl (C=O) groups excluding carboxylic acids is 1. The Morgan fingerprint density at radius 1 is 1.67 bits per heavy atom. The van der Waals surface area contributed by atoms with Gasteiger partial charge >= 0.3 is 0 Å². The lowest BCUT2D eigenvalue weighted by Crippen LogP contribution is -2.25. The van der Waals surface area contributed by atoms with Crippen molar-refractivity contribution in [1.82, 2.24) is 5.32 Å². The van der Waals surface area contributed by atoms with Crippen molar-refractivity contribution < 1.29 is 4.79 Å². The maximum atomic E-state index is 11.6. The second kappa shape index (κ2) is 6.36. The highest BCUT2D eigenvalue weighted by Crippen LogP contribution is 2.21. The fraction of sp³-hybridized carbons (Fsp3) is 0.500. The third-order valence-corrected chi connectivity index (χ3v) is 3.88. The highest BCUT2D eigenvalue weighted by Gasteiger charge is 2.11. The van der Waals surface area contributed by atoms with Gasteiger partial charge in [-0.15, -0.1) is 22.9 Å². The number of thiophene rings is 1. The summed E-state index contributed by atoms with van der Waals surface area (Å²) in [6.07, 6.45) is 1.70. The maximum absolute atomic E-state index is 11.6. The molecule has 0 radical (unpaired) electrons. The lowest BCUT2D eigenvalue weighted by atomic mass is 10.2. The van der Waals surface area contributed by atoms with Crippen LogP contribution in [0.4, 0.5) is 0 Å². The van der Waals surface area contributed by atoms with Gasteiger partial charge in [-0.25, -0.2) is 0 Å². The van der Waals surface area contributed by atoms with Crippen molar-refractivity contribution >= 4 is 40.4 Å². The molecule has 1 aromatic heterocycles. The second-order valence-corrected chi connectivity index (χ2v) is 5.09. The van der Waals surface area contributed by atoms with Crippen molar-refractivity contribution in [2.24, 2.45) is 0 Å². The summed E-state index contributed by atoms with van der Waals surface area (Å²) in [6, 6.07) is 1.72. The molecule has 0 fully saturated rings. The van der Waals surface area contributed by atoms with Crippen LogP contribution in [0.15, 0.2) is 11.4 Å². The van der Waals surface area contributed by atoms with Gasteiger partial charge in [-0.3, -0.25) is 4.79 Å². The number of halogens is 2. The molecular formula is C10H13Cl2NOS. The molecule has 0 aliphatic carbocycles. The van der Waals surface area contributed by atoms with E-state index < -0.39 is 0 Å². The number of hydrogen-bond donors (Lipinski definition) is 1. The Hall–Kier alpha value is -0.250. The fourth-order valence-corrected chi connectivity index (χ4v) is 2.25. The van der Waals surface area contributed by atoms with Gasteiger partial charge in [0, 0.05) is 11.9 Å². The van der Waals surface area contributed by atoms with Crippen LogP contribution in [0.3, 0.4) is 0 Å². The van der Waals surface area contributed by atoms with E-state index >= 15 is 0 Å². The van der Waals surface area contributed by atoms with Crippen molar-refractivity contribution in [3.05, 3.63) is 21.3 Å². The number of amides is 1. The molecule has 1 N–H and O–H groups in total. The van der Waals surface area contributed by atoms with Gasteiger partial charge in [-0.2, -0.15) is 0 Å². The van der Waals surface area contributed by atoms with E-state index in [1.54, 1.807) is 11.4 Å². The lowest BCUT2D eigenvalue weighted by Gasteiger charge is -2.07. The van der Waals surface area contributed by atoms with E-state index in [0.717, 1.165) is 12.8 Å². The van der Waals surface area contributed by atoms with E-state index in [9.17, 15) is 4.79 Å². The molecule has 1 rings (SSSR count). The molecule has 0 bridgehead atoms. The number of carbonyl (C=O) groups is 1. The zero-order valence-electron chi connectivity index (χ0n) is 8.43. The summed E-state index contributed by atoms with van der Waals surface area (Å²) in [7, 11) is 0. The Morgan fingerprint density at radius 2 is 2.40 bits per heavy atom. The van der Waals surface area contributed by atoms with E-state index in [-0.39, 0.29) is 11.3 Å². The van der Waals surface area contributed by atoms with Gasteiger partial charge in [0.1, 0.15) is 4.88 Å². The lowest BCUT2D eigenvalue weighted by molar-refractivity contribution is 0.0957. The summed E-state index contributed by atoms with van der Waals surface area (Å²) in [5.41, 5.74) is 0. The first kappa shape index (κ1) is 12.8. The van der Waals surface area contributed by atoms with Crippen molar-refractivity contribution in [3.8, 4) is 0 Å². The van der Waals surface area contributed by atoms with E-state index in [0.29, 0.717) is 16.4 Å². The van der Waals surface area contributed by atoms with Crippen LogP contribution >= 0.6 is 34.5 Å². The van der Waals surface area contributed by atoms with Crippen LogP contribution in [-0.2, 0) is 0 Å². The van der Waals surface area contributed by atoms with E-state index in [1.807, 2.05) is 6.92 Å². The van der Waals surface area contributed by atoms with Crippen LogP contribution in [0.5, 0.6) is 0 Å². The number of nitrogens with one attached hydrogen (secondary N) is 1. The second-order valence-electron chi connectivity index (χ2n) is 3.15. The van der Waals surface area contributed by atoms with Gasteiger partial charge in [0.25, 0.3) is 5.91 Å². The van der Waals surface area contributed by atoms with Crippen LogP contribution in [0.25, 0.3) is 0 Å².